The van der Waals surface area contributed by atoms with Crippen LogP contribution >= 0.6 is 27.5 Å². The number of nitrogens with zero attached hydrogens (tertiary/aromatic N) is 3. The molecule has 0 aliphatic heterocycles. The Morgan fingerprint density at radius 1 is 1.24 bits per heavy atom. The van der Waals surface area contributed by atoms with E-state index in [0.29, 0.717) is 0 Å². The van der Waals surface area contributed by atoms with Crippen molar-refractivity contribution in [1.82, 2.24) is 14.5 Å². The SMILES string of the molecule is Cc1c(Br)cccc1-n1c(C(C)Cl)nc2c(C)ccnc21. The van der Waals surface area contributed by atoms with E-state index in [9.17, 15) is 0 Å². The van der Waals surface area contributed by atoms with Gasteiger partial charge in [-0.25, -0.2) is 9.97 Å². The third kappa shape index (κ3) is 2.36. The molecule has 21 heavy (non-hydrogen) atoms. The highest BCUT2D eigenvalue weighted by molar-refractivity contribution is 9.10. The first kappa shape index (κ1) is 14.5. The summed E-state index contributed by atoms with van der Waals surface area (Å²) in [4.78, 5) is 9.23. The van der Waals surface area contributed by atoms with Gasteiger partial charge in [0.2, 0.25) is 0 Å². The Labute approximate surface area is 137 Å². The van der Waals surface area contributed by atoms with E-state index in [1.54, 1.807) is 0 Å². The zero-order chi connectivity index (χ0) is 15.1. The number of imidazole rings is 1. The molecule has 2 heterocycles. The summed E-state index contributed by atoms with van der Waals surface area (Å²) in [6.45, 7) is 6.05. The molecule has 0 aliphatic carbocycles. The van der Waals surface area contributed by atoms with Crippen LogP contribution in [0.5, 0.6) is 0 Å². The van der Waals surface area contributed by atoms with Gasteiger partial charge in [-0.05, 0) is 50.1 Å². The van der Waals surface area contributed by atoms with E-state index in [2.05, 4.69) is 38.5 Å². The van der Waals surface area contributed by atoms with Crippen LogP contribution < -0.4 is 0 Å². The van der Waals surface area contributed by atoms with Crippen molar-refractivity contribution in [1.29, 1.82) is 0 Å². The van der Waals surface area contributed by atoms with Crippen LogP contribution in [0.3, 0.4) is 0 Å². The van der Waals surface area contributed by atoms with Crippen molar-refractivity contribution in [2.24, 2.45) is 0 Å². The Morgan fingerprint density at radius 2 is 2.00 bits per heavy atom. The van der Waals surface area contributed by atoms with Gasteiger partial charge >= 0.3 is 0 Å². The Hall–Kier alpha value is -1.39. The minimum Gasteiger partial charge on any atom is -0.279 e. The lowest BCUT2D eigenvalue weighted by atomic mass is 10.2. The zero-order valence-corrected chi connectivity index (χ0v) is 14.4. The first-order valence-electron chi connectivity index (χ1n) is 6.74. The molecule has 1 unspecified atom stereocenters. The van der Waals surface area contributed by atoms with E-state index in [4.69, 9.17) is 16.6 Å². The fourth-order valence-electron chi connectivity index (χ4n) is 2.45. The molecule has 3 rings (SSSR count). The average Bonchev–Trinajstić information content (AvgIpc) is 2.83. The Kier molecular flexibility index (Phi) is 3.76. The summed E-state index contributed by atoms with van der Waals surface area (Å²) >= 11 is 9.94. The van der Waals surface area contributed by atoms with Crippen LogP contribution in [0.1, 0.15) is 29.3 Å². The summed E-state index contributed by atoms with van der Waals surface area (Å²) in [5.41, 5.74) is 5.04. The number of hydrogen-bond donors (Lipinski definition) is 0. The van der Waals surface area contributed by atoms with Crippen molar-refractivity contribution in [2.75, 3.05) is 0 Å². The van der Waals surface area contributed by atoms with Gasteiger partial charge < -0.3 is 0 Å². The quantitative estimate of drug-likeness (QED) is 0.592. The van der Waals surface area contributed by atoms with Gasteiger partial charge in [0.15, 0.2) is 5.65 Å². The molecule has 3 nitrogen and oxygen atoms in total. The van der Waals surface area contributed by atoms with Crippen molar-refractivity contribution >= 4 is 38.7 Å². The van der Waals surface area contributed by atoms with Gasteiger partial charge in [0.1, 0.15) is 11.3 Å². The van der Waals surface area contributed by atoms with Crippen molar-refractivity contribution in [3.8, 4) is 5.69 Å². The highest BCUT2D eigenvalue weighted by atomic mass is 79.9. The van der Waals surface area contributed by atoms with Crippen LogP contribution in [0.15, 0.2) is 34.9 Å². The van der Waals surface area contributed by atoms with Crippen molar-refractivity contribution < 1.29 is 0 Å². The first-order valence-corrected chi connectivity index (χ1v) is 7.97. The number of alkyl halides is 1. The molecule has 0 amide bonds. The molecular formula is C16H15BrClN3. The second-order valence-electron chi connectivity index (χ2n) is 5.11. The largest absolute Gasteiger partial charge is 0.279 e. The first-order chi connectivity index (χ1) is 10.0. The third-order valence-electron chi connectivity index (χ3n) is 3.61. The number of aryl methyl sites for hydroxylation is 1. The van der Waals surface area contributed by atoms with E-state index < -0.39 is 0 Å². The zero-order valence-electron chi connectivity index (χ0n) is 12.1. The molecule has 108 valence electrons. The molecule has 0 bridgehead atoms. The number of fused-ring (bicyclic) bond motifs is 1. The van der Waals surface area contributed by atoms with E-state index in [1.165, 1.54) is 0 Å². The maximum Gasteiger partial charge on any atom is 0.164 e. The predicted molar refractivity (Wildman–Crippen MR) is 90.3 cm³/mol. The van der Waals surface area contributed by atoms with Gasteiger partial charge in [0.05, 0.1) is 11.1 Å². The Bertz CT molecular complexity index is 824. The summed E-state index contributed by atoms with van der Waals surface area (Å²) < 4.78 is 3.11. The molecule has 1 atom stereocenters. The summed E-state index contributed by atoms with van der Waals surface area (Å²) in [7, 11) is 0. The van der Waals surface area contributed by atoms with Crippen molar-refractivity contribution in [3.05, 3.63) is 51.9 Å². The minimum atomic E-state index is -0.197. The minimum absolute atomic E-state index is 0.197. The lowest BCUT2D eigenvalue weighted by molar-refractivity contribution is 0.872. The number of benzene rings is 1. The fourth-order valence-corrected chi connectivity index (χ4v) is 2.96. The van der Waals surface area contributed by atoms with Gasteiger partial charge in [0.25, 0.3) is 0 Å². The van der Waals surface area contributed by atoms with Crippen LogP contribution in [0.4, 0.5) is 0 Å². The van der Waals surface area contributed by atoms with Crippen molar-refractivity contribution in [2.45, 2.75) is 26.1 Å². The van der Waals surface area contributed by atoms with E-state index in [-0.39, 0.29) is 5.38 Å². The molecule has 0 saturated carbocycles. The Balaban J connectivity index is 2.43. The molecule has 0 radical (unpaired) electrons. The van der Waals surface area contributed by atoms with Gasteiger partial charge in [0, 0.05) is 10.7 Å². The summed E-state index contributed by atoms with van der Waals surface area (Å²) in [5, 5.41) is -0.197. The topological polar surface area (TPSA) is 30.7 Å². The maximum atomic E-state index is 6.35. The molecule has 0 aliphatic rings. The second kappa shape index (κ2) is 5.43. The molecule has 3 aromatic rings. The number of halogens is 2. The van der Waals surface area contributed by atoms with Gasteiger partial charge in [-0.1, -0.05) is 22.0 Å². The van der Waals surface area contributed by atoms with E-state index in [1.807, 2.05) is 38.2 Å². The van der Waals surface area contributed by atoms with E-state index >= 15 is 0 Å². The van der Waals surface area contributed by atoms with E-state index in [0.717, 1.165) is 38.3 Å². The highest BCUT2D eigenvalue weighted by Crippen LogP contribution is 2.31. The highest BCUT2D eigenvalue weighted by Gasteiger charge is 2.19. The lowest BCUT2D eigenvalue weighted by Gasteiger charge is -2.13. The monoisotopic (exact) mass is 363 g/mol. The molecule has 0 N–H and O–H groups in total. The van der Waals surface area contributed by atoms with Crippen LogP contribution in [0.25, 0.3) is 16.9 Å². The number of hydrogen-bond acceptors (Lipinski definition) is 2. The molecule has 0 fully saturated rings. The van der Waals surface area contributed by atoms with Crippen LogP contribution in [-0.4, -0.2) is 14.5 Å². The van der Waals surface area contributed by atoms with Gasteiger partial charge in [-0.2, -0.15) is 0 Å². The second-order valence-corrected chi connectivity index (χ2v) is 6.61. The fraction of sp³-hybridized carbons (Fsp3) is 0.250. The molecule has 5 heteroatoms. The van der Waals surface area contributed by atoms with Crippen LogP contribution in [-0.2, 0) is 0 Å². The smallest absolute Gasteiger partial charge is 0.164 e. The van der Waals surface area contributed by atoms with Gasteiger partial charge in [-0.15, -0.1) is 11.6 Å². The Morgan fingerprint density at radius 3 is 2.71 bits per heavy atom. The number of pyridine rings is 1. The average molecular weight is 365 g/mol. The molecular weight excluding hydrogens is 350 g/mol. The predicted octanol–water partition coefficient (Wildman–Crippen LogP) is 5.10. The number of rotatable bonds is 2. The summed E-state index contributed by atoms with van der Waals surface area (Å²) in [6.07, 6.45) is 1.81. The lowest BCUT2D eigenvalue weighted by Crippen LogP contribution is -2.04. The molecule has 1 aromatic carbocycles. The normalized spacial score (nSPS) is 12.8. The number of aromatic nitrogens is 3. The molecule has 0 saturated heterocycles. The third-order valence-corrected chi connectivity index (χ3v) is 4.66. The van der Waals surface area contributed by atoms with Crippen LogP contribution in [0.2, 0.25) is 0 Å². The summed E-state index contributed by atoms with van der Waals surface area (Å²) in [5.74, 6) is 0.815. The van der Waals surface area contributed by atoms with Gasteiger partial charge in [-0.3, -0.25) is 4.57 Å². The van der Waals surface area contributed by atoms with Crippen LogP contribution in [0, 0.1) is 13.8 Å². The summed E-state index contributed by atoms with van der Waals surface area (Å²) in [6, 6.07) is 8.07. The molecule has 2 aromatic heterocycles. The maximum absolute atomic E-state index is 6.35. The molecule has 0 spiro atoms. The standard InChI is InChI=1S/C16H15BrClN3/c1-9-7-8-19-16-14(9)20-15(11(3)18)21(16)13-6-4-5-12(17)10(13)2/h4-8,11H,1-3H3. The van der Waals surface area contributed by atoms with Crippen molar-refractivity contribution in [3.63, 3.8) is 0 Å².